The Labute approximate surface area is 110 Å². The van der Waals surface area contributed by atoms with Crippen LogP contribution in [-0.2, 0) is 6.54 Å². The third kappa shape index (κ3) is 4.64. The summed E-state index contributed by atoms with van der Waals surface area (Å²) in [5.41, 5.74) is 0. The molecule has 0 amide bonds. The van der Waals surface area contributed by atoms with Crippen molar-refractivity contribution in [2.75, 3.05) is 5.32 Å². The lowest BCUT2D eigenvalue weighted by molar-refractivity contribution is 0.416. The van der Waals surface area contributed by atoms with Crippen molar-refractivity contribution in [2.24, 2.45) is 5.92 Å². The monoisotopic (exact) mass is 254 g/mol. The third-order valence-electron chi connectivity index (χ3n) is 3.24. The molecule has 0 aliphatic rings. The van der Waals surface area contributed by atoms with Gasteiger partial charge in [0.2, 0.25) is 5.89 Å². The van der Waals surface area contributed by atoms with Crippen LogP contribution in [0.2, 0.25) is 0 Å². The third-order valence-corrected chi connectivity index (χ3v) is 3.24. The van der Waals surface area contributed by atoms with Gasteiger partial charge < -0.3 is 15.1 Å². The van der Waals surface area contributed by atoms with Crippen LogP contribution >= 0.6 is 0 Å². The summed E-state index contributed by atoms with van der Waals surface area (Å²) in [6.07, 6.45) is 2.31. The fourth-order valence-electron chi connectivity index (χ4n) is 1.98. The van der Waals surface area contributed by atoms with Crippen LogP contribution < -0.4 is 10.6 Å². The minimum absolute atomic E-state index is 0.353. The molecular weight excluding hydrogens is 228 g/mol. The van der Waals surface area contributed by atoms with E-state index in [1.165, 1.54) is 0 Å². The standard InChI is InChI=1S/C13H26N4O/c1-6-11(7-2)10(5)15-13-17-16-12(18-13)8-14-9(3)4/h9-11,14H,6-8H2,1-5H3,(H,15,17). The maximum absolute atomic E-state index is 5.55. The van der Waals surface area contributed by atoms with Crippen LogP contribution in [-0.4, -0.2) is 22.3 Å². The molecule has 0 fully saturated rings. The van der Waals surface area contributed by atoms with Gasteiger partial charge in [-0.2, -0.15) is 0 Å². The molecule has 5 heteroatoms. The van der Waals surface area contributed by atoms with Crippen LogP contribution in [0.4, 0.5) is 6.01 Å². The SMILES string of the molecule is CCC(CC)C(C)Nc1nnc(CNC(C)C)o1. The molecule has 5 nitrogen and oxygen atoms in total. The van der Waals surface area contributed by atoms with Gasteiger partial charge in [0.05, 0.1) is 6.54 Å². The normalized spacial score (nSPS) is 13.3. The van der Waals surface area contributed by atoms with E-state index < -0.39 is 0 Å². The van der Waals surface area contributed by atoms with Gasteiger partial charge in [-0.15, -0.1) is 5.10 Å². The van der Waals surface area contributed by atoms with Crippen molar-refractivity contribution < 1.29 is 4.42 Å². The smallest absolute Gasteiger partial charge is 0.315 e. The molecule has 1 aromatic rings. The van der Waals surface area contributed by atoms with Gasteiger partial charge in [0.25, 0.3) is 0 Å². The lowest BCUT2D eigenvalue weighted by Gasteiger charge is -2.21. The van der Waals surface area contributed by atoms with Crippen molar-refractivity contribution in [1.82, 2.24) is 15.5 Å². The molecule has 104 valence electrons. The molecule has 0 aromatic carbocycles. The summed E-state index contributed by atoms with van der Waals surface area (Å²) in [7, 11) is 0. The van der Waals surface area contributed by atoms with E-state index in [2.05, 4.69) is 55.4 Å². The number of hydrogen-bond acceptors (Lipinski definition) is 5. The first-order valence-corrected chi connectivity index (χ1v) is 6.89. The Hall–Kier alpha value is -1.10. The van der Waals surface area contributed by atoms with E-state index in [0.717, 1.165) is 12.8 Å². The van der Waals surface area contributed by atoms with Crippen LogP contribution in [0.3, 0.4) is 0 Å². The lowest BCUT2D eigenvalue weighted by atomic mass is 9.96. The van der Waals surface area contributed by atoms with Crippen molar-refractivity contribution in [1.29, 1.82) is 0 Å². The van der Waals surface area contributed by atoms with Crippen molar-refractivity contribution in [3.63, 3.8) is 0 Å². The molecule has 0 spiro atoms. The summed E-state index contributed by atoms with van der Waals surface area (Å²) in [5, 5.41) is 14.6. The molecule has 1 aromatic heterocycles. The molecule has 1 rings (SSSR count). The van der Waals surface area contributed by atoms with Crippen molar-refractivity contribution >= 4 is 6.01 Å². The largest absolute Gasteiger partial charge is 0.407 e. The number of anilines is 1. The highest BCUT2D eigenvalue weighted by molar-refractivity contribution is 5.19. The molecule has 1 heterocycles. The zero-order chi connectivity index (χ0) is 13.5. The Kier molecular flexibility index (Phi) is 6.12. The van der Waals surface area contributed by atoms with E-state index in [0.29, 0.717) is 36.5 Å². The number of nitrogens with one attached hydrogen (secondary N) is 2. The maximum atomic E-state index is 5.55. The topological polar surface area (TPSA) is 63.0 Å². The molecule has 0 aliphatic heterocycles. The molecule has 0 aliphatic carbocycles. The molecular formula is C13H26N4O. The second-order valence-electron chi connectivity index (χ2n) is 5.05. The molecule has 18 heavy (non-hydrogen) atoms. The molecule has 2 N–H and O–H groups in total. The van der Waals surface area contributed by atoms with Gasteiger partial charge in [0.1, 0.15) is 0 Å². The van der Waals surface area contributed by atoms with Gasteiger partial charge >= 0.3 is 6.01 Å². The van der Waals surface area contributed by atoms with Crippen molar-refractivity contribution in [2.45, 2.75) is 66.1 Å². The first-order valence-electron chi connectivity index (χ1n) is 6.89. The van der Waals surface area contributed by atoms with E-state index in [9.17, 15) is 0 Å². The zero-order valence-electron chi connectivity index (χ0n) is 12.2. The Morgan fingerprint density at radius 1 is 1.11 bits per heavy atom. The van der Waals surface area contributed by atoms with Gasteiger partial charge in [-0.3, -0.25) is 0 Å². The van der Waals surface area contributed by atoms with Crippen LogP contribution in [0.15, 0.2) is 4.42 Å². The van der Waals surface area contributed by atoms with Crippen molar-refractivity contribution in [3.8, 4) is 0 Å². The predicted octanol–water partition coefficient (Wildman–Crippen LogP) is 2.80. The van der Waals surface area contributed by atoms with E-state index in [1.54, 1.807) is 0 Å². The molecule has 0 saturated carbocycles. The highest BCUT2D eigenvalue weighted by Crippen LogP contribution is 2.17. The number of aromatic nitrogens is 2. The van der Waals surface area contributed by atoms with E-state index in [-0.39, 0.29) is 0 Å². The second kappa shape index (κ2) is 7.36. The quantitative estimate of drug-likeness (QED) is 0.747. The average Bonchev–Trinajstić information content (AvgIpc) is 2.75. The fraction of sp³-hybridized carbons (Fsp3) is 0.846. The molecule has 1 atom stereocenters. The minimum Gasteiger partial charge on any atom is -0.407 e. The van der Waals surface area contributed by atoms with Crippen LogP contribution in [0.25, 0.3) is 0 Å². The summed E-state index contributed by atoms with van der Waals surface area (Å²) in [6.45, 7) is 11.4. The Bertz CT molecular complexity index is 333. The molecule has 0 bridgehead atoms. The van der Waals surface area contributed by atoms with E-state index in [1.807, 2.05) is 0 Å². The van der Waals surface area contributed by atoms with Crippen LogP contribution in [0.1, 0.15) is 53.4 Å². The number of hydrogen-bond donors (Lipinski definition) is 2. The van der Waals surface area contributed by atoms with E-state index in [4.69, 9.17) is 4.42 Å². The summed E-state index contributed by atoms with van der Waals surface area (Å²) in [5.74, 6) is 1.26. The number of nitrogens with zero attached hydrogens (tertiary/aromatic N) is 2. The summed E-state index contributed by atoms with van der Waals surface area (Å²) < 4.78 is 5.55. The van der Waals surface area contributed by atoms with Crippen LogP contribution in [0, 0.1) is 5.92 Å². The van der Waals surface area contributed by atoms with Crippen molar-refractivity contribution in [3.05, 3.63) is 5.89 Å². The lowest BCUT2D eigenvalue weighted by Crippen LogP contribution is -2.25. The molecule has 1 unspecified atom stereocenters. The number of rotatable bonds is 8. The highest BCUT2D eigenvalue weighted by Gasteiger charge is 2.16. The second-order valence-corrected chi connectivity index (χ2v) is 5.05. The first-order chi connectivity index (χ1) is 8.56. The van der Waals surface area contributed by atoms with Crippen LogP contribution in [0.5, 0.6) is 0 Å². The first kappa shape index (κ1) is 15.0. The van der Waals surface area contributed by atoms with Gasteiger partial charge in [-0.05, 0) is 12.8 Å². The Balaban J connectivity index is 2.47. The molecule has 0 radical (unpaired) electrons. The maximum Gasteiger partial charge on any atom is 0.315 e. The van der Waals surface area contributed by atoms with Gasteiger partial charge in [-0.25, -0.2) is 0 Å². The van der Waals surface area contributed by atoms with Gasteiger partial charge in [0.15, 0.2) is 0 Å². The van der Waals surface area contributed by atoms with Gasteiger partial charge in [-0.1, -0.05) is 45.6 Å². The Morgan fingerprint density at radius 3 is 2.33 bits per heavy atom. The Morgan fingerprint density at radius 2 is 1.78 bits per heavy atom. The summed E-state index contributed by atoms with van der Waals surface area (Å²) >= 11 is 0. The van der Waals surface area contributed by atoms with Gasteiger partial charge in [0, 0.05) is 12.1 Å². The minimum atomic E-state index is 0.353. The average molecular weight is 254 g/mol. The summed E-state index contributed by atoms with van der Waals surface area (Å²) in [6, 6.07) is 1.29. The fourth-order valence-corrected chi connectivity index (χ4v) is 1.98. The predicted molar refractivity (Wildman–Crippen MR) is 73.4 cm³/mol. The highest BCUT2D eigenvalue weighted by atomic mass is 16.4. The zero-order valence-corrected chi connectivity index (χ0v) is 12.2. The molecule has 0 saturated heterocycles. The summed E-state index contributed by atoms with van der Waals surface area (Å²) in [4.78, 5) is 0. The van der Waals surface area contributed by atoms with E-state index >= 15 is 0 Å².